The van der Waals surface area contributed by atoms with Crippen molar-refractivity contribution in [2.45, 2.75) is 13.8 Å². The first-order valence-corrected chi connectivity index (χ1v) is 10.0. The van der Waals surface area contributed by atoms with Crippen molar-refractivity contribution in [1.29, 1.82) is 0 Å². The van der Waals surface area contributed by atoms with Crippen LogP contribution in [0.3, 0.4) is 0 Å². The van der Waals surface area contributed by atoms with Crippen LogP contribution in [0.1, 0.15) is 21.7 Å². The molecular formula is C23H18Cl2N4O. The first kappa shape index (κ1) is 20.1. The molecule has 1 amide bonds. The summed E-state index contributed by atoms with van der Waals surface area (Å²) in [4.78, 5) is 17.4. The van der Waals surface area contributed by atoms with Gasteiger partial charge in [-0.25, -0.2) is 9.67 Å². The zero-order valence-corrected chi connectivity index (χ0v) is 17.9. The predicted octanol–water partition coefficient (Wildman–Crippen LogP) is 6.11. The van der Waals surface area contributed by atoms with E-state index in [1.807, 2.05) is 44.2 Å². The Bertz CT molecular complexity index is 1220. The van der Waals surface area contributed by atoms with E-state index in [2.05, 4.69) is 15.4 Å². The number of nitrogens with zero attached hydrogens (tertiary/aromatic N) is 3. The second-order valence-corrected chi connectivity index (χ2v) is 7.73. The molecule has 150 valence electrons. The number of nitrogens with one attached hydrogen (secondary N) is 1. The lowest BCUT2D eigenvalue weighted by atomic mass is 10.1. The zero-order valence-electron chi connectivity index (χ0n) is 16.4. The van der Waals surface area contributed by atoms with E-state index in [1.165, 1.54) is 0 Å². The molecule has 0 aliphatic heterocycles. The van der Waals surface area contributed by atoms with Crippen molar-refractivity contribution in [1.82, 2.24) is 14.8 Å². The number of carbonyl (C=O) groups is 1. The highest BCUT2D eigenvalue weighted by atomic mass is 35.5. The topological polar surface area (TPSA) is 59.8 Å². The summed E-state index contributed by atoms with van der Waals surface area (Å²) in [6, 6.07) is 20.1. The monoisotopic (exact) mass is 436 g/mol. The van der Waals surface area contributed by atoms with Crippen LogP contribution in [0.15, 0.2) is 66.7 Å². The van der Waals surface area contributed by atoms with E-state index >= 15 is 0 Å². The number of anilines is 1. The van der Waals surface area contributed by atoms with E-state index in [0.717, 1.165) is 22.4 Å². The van der Waals surface area contributed by atoms with Gasteiger partial charge in [-0.3, -0.25) is 4.79 Å². The van der Waals surface area contributed by atoms with Crippen LogP contribution in [-0.2, 0) is 0 Å². The van der Waals surface area contributed by atoms with E-state index in [9.17, 15) is 4.79 Å². The second-order valence-electron chi connectivity index (χ2n) is 6.86. The molecule has 0 saturated heterocycles. The molecule has 1 aromatic heterocycles. The lowest BCUT2D eigenvalue weighted by Crippen LogP contribution is -2.14. The quantitative estimate of drug-likeness (QED) is 0.419. The molecule has 3 aromatic carbocycles. The van der Waals surface area contributed by atoms with E-state index in [0.29, 0.717) is 21.6 Å². The summed E-state index contributed by atoms with van der Waals surface area (Å²) in [5, 5.41) is 8.55. The van der Waals surface area contributed by atoms with Gasteiger partial charge in [-0.2, -0.15) is 0 Å². The number of rotatable bonds is 4. The van der Waals surface area contributed by atoms with Gasteiger partial charge in [-0.05, 0) is 79.6 Å². The van der Waals surface area contributed by atoms with Crippen LogP contribution in [-0.4, -0.2) is 20.7 Å². The Morgan fingerprint density at radius 2 is 1.53 bits per heavy atom. The molecule has 0 atom stereocenters. The first-order valence-electron chi connectivity index (χ1n) is 9.29. The van der Waals surface area contributed by atoms with E-state index in [1.54, 1.807) is 41.1 Å². The molecule has 1 heterocycles. The summed E-state index contributed by atoms with van der Waals surface area (Å²) in [5.41, 5.74) is 4.45. The third-order valence-electron chi connectivity index (χ3n) is 4.82. The summed E-state index contributed by atoms with van der Waals surface area (Å²) >= 11 is 12.0. The van der Waals surface area contributed by atoms with Gasteiger partial charge in [-0.1, -0.05) is 35.3 Å². The molecule has 5 nitrogen and oxygen atoms in total. The summed E-state index contributed by atoms with van der Waals surface area (Å²) in [5.74, 6) is 0.217. The highest BCUT2D eigenvalue weighted by Gasteiger charge is 2.20. The van der Waals surface area contributed by atoms with Crippen molar-refractivity contribution < 1.29 is 4.79 Å². The van der Waals surface area contributed by atoms with Crippen LogP contribution in [0, 0.1) is 13.8 Å². The number of hydrogen-bond donors (Lipinski definition) is 1. The molecule has 0 radical (unpaired) electrons. The van der Waals surface area contributed by atoms with Crippen molar-refractivity contribution in [3.05, 3.63) is 93.7 Å². The van der Waals surface area contributed by atoms with Gasteiger partial charge in [0.2, 0.25) is 5.82 Å². The molecule has 1 N–H and O–H groups in total. The summed E-state index contributed by atoms with van der Waals surface area (Å²) in [6.07, 6.45) is 0. The van der Waals surface area contributed by atoms with Crippen LogP contribution in [0.2, 0.25) is 10.0 Å². The van der Waals surface area contributed by atoms with Gasteiger partial charge in [0.1, 0.15) is 0 Å². The van der Waals surface area contributed by atoms with Gasteiger partial charge in [-0.15, -0.1) is 5.10 Å². The summed E-state index contributed by atoms with van der Waals surface area (Å²) < 4.78 is 1.70. The lowest BCUT2D eigenvalue weighted by Gasteiger charge is -2.11. The third kappa shape index (κ3) is 4.08. The minimum atomic E-state index is -0.406. The Balaban J connectivity index is 1.79. The molecule has 0 unspecified atom stereocenters. The molecule has 0 fully saturated rings. The lowest BCUT2D eigenvalue weighted by molar-refractivity contribution is 0.101. The number of aryl methyl sites for hydroxylation is 1. The average molecular weight is 437 g/mol. The van der Waals surface area contributed by atoms with E-state index in [4.69, 9.17) is 23.2 Å². The van der Waals surface area contributed by atoms with Crippen LogP contribution in [0.4, 0.5) is 5.69 Å². The Hall–Kier alpha value is -3.15. The van der Waals surface area contributed by atoms with Crippen molar-refractivity contribution >= 4 is 34.8 Å². The van der Waals surface area contributed by atoms with Crippen LogP contribution >= 0.6 is 23.2 Å². The normalized spacial score (nSPS) is 10.8. The molecule has 0 aliphatic carbocycles. The number of halogens is 2. The number of benzene rings is 3. The summed E-state index contributed by atoms with van der Waals surface area (Å²) in [6.45, 7) is 4.05. The van der Waals surface area contributed by atoms with Gasteiger partial charge in [0.15, 0.2) is 5.82 Å². The Kier molecular flexibility index (Phi) is 5.57. The van der Waals surface area contributed by atoms with Gasteiger partial charge < -0.3 is 5.32 Å². The van der Waals surface area contributed by atoms with Crippen molar-refractivity contribution in [3.8, 4) is 17.1 Å². The molecular weight excluding hydrogens is 419 g/mol. The second kappa shape index (κ2) is 8.30. The SMILES string of the molecule is Cc1cccc(-n2nc(C(=O)Nc3ccc(Cl)cc3)nc2-c2ccc(Cl)cc2)c1C. The fourth-order valence-corrected chi connectivity index (χ4v) is 3.30. The van der Waals surface area contributed by atoms with Crippen molar-refractivity contribution in [2.24, 2.45) is 0 Å². The highest BCUT2D eigenvalue weighted by Crippen LogP contribution is 2.26. The first-order chi connectivity index (χ1) is 14.4. The highest BCUT2D eigenvalue weighted by molar-refractivity contribution is 6.31. The predicted molar refractivity (Wildman–Crippen MR) is 121 cm³/mol. The third-order valence-corrected chi connectivity index (χ3v) is 5.32. The fourth-order valence-electron chi connectivity index (χ4n) is 3.05. The minimum Gasteiger partial charge on any atom is -0.319 e. The van der Waals surface area contributed by atoms with E-state index in [-0.39, 0.29) is 5.82 Å². The van der Waals surface area contributed by atoms with Gasteiger partial charge in [0.05, 0.1) is 5.69 Å². The molecule has 4 rings (SSSR count). The zero-order chi connectivity index (χ0) is 21.3. The summed E-state index contributed by atoms with van der Waals surface area (Å²) in [7, 11) is 0. The van der Waals surface area contributed by atoms with Crippen LogP contribution in [0.5, 0.6) is 0 Å². The van der Waals surface area contributed by atoms with Crippen LogP contribution in [0.25, 0.3) is 17.1 Å². The van der Waals surface area contributed by atoms with E-state index < -0.39 is 5.91 Å². The molecule has 0 bridgehead atoms. The molecule has 0 aliphatic rings. The maximum atomic E-state index is 12.8. The molecule has 30 heavy (non-hydrogen) atoms. The van der Waals surface area contributed by atoms with Gasteiger partial charge in [0, 0.05) is 21.3 Å². The standard InChI is InChI=1S/C23H18Cl2N4O/c1-14-4-3-5-20(15(14)2)29-22(16-6-8-17(24)9-7-16)27-21(28-29)23(30)26-19-12-10-18(25)11-13-19/h3-13H,1-2H3,(H,26,30). The Labute approximate surface area is 184 Å². The van der Waals surface area contributed by atoms with Crippen molar-refractivity contribution in [3.63, 3.8) is 0 Å². The molecule has 0 spiro atoms. The molecule has 7 heteroatoms. The number of hydrogen-bond acceptors (Lipinski definition) is 3. The minimum absolute atomic E-state index is 0.0656. The average Bonchev–Trinajstić information content (AvgIpc) is 3.17. The van der Waals surface area contributed by atoms with Gasteiger partial charge >= 0.3 is 0 Å². The Morgan fingerprint density at radius 1 is 0.900 bits per heavy atom. The number of aromatic nitrogens is 3. The van der Waals surface area contributed by atoms with Crippen molar-refractivity contribution in [2.75, 3.05) is 5.32 Å². The largest absolute Gasteiger partial charge is 0.319 e. The Morgan fingerprint density at radius 3 is 2.20 bits per heavy atom. The molecule has 0 saturated carbocycles. The smallest absolute Gasteiger partial charge is 0.295 e. The maximum absolute atomic E-state index is 12.8. The van der Waals surface area contributed by atoms with Gasteiger partial charge in [0.25, 0.3) is 5.91 Å². The fraction of sp³-hybridized carbons (Fsp3) is 0.0870. The molecule has 4 aromatic rings. The number of amides is 1. The van der Waals surface area contributed by atoms with Crippen LogP contribution < -0.4 is 5.32 Å². The maximum Gasteiger partial charge on any atom is 0.295 e. The number of carbonyl (C=O) groups excluding carboxylic acids is 1.